The molecule has 2 unspecified atom stereocenters. The second-order valence-corrected chi connectivity index (χ2v) is 3.94. The molecule has 4 nitrogen and oxygen atoms in total. The maximum atomic E-state index is 10.6. The van der Waals surface area contributed by atoms with Crippen LogP contribution in [0.3, 0.4) is 0 Å². The third-order valence-electron chi connectivity index (χ3n) is 2.29. The maximum Gasteiger partial charge on any atom is 0.404 e. The van der Waals surface area contributed by atoms with Gasteiger partial charge in [0.25, 0.3) is 0 Å². The molecule has 5 heteroatoms. The quantitative estimate of drug-likeness (QED) is 0.855. The molecule has 1 amide bonds. The van der Waals surface area contributed by atoms with Crippen molar-refractivity contribution >= 4 is 17.7 Å². The Morgan fingerprint density at radius 3 is 2.75 bits per heavy atom. The molecule has 88 valence electrons. The number of hydrogen-bond donors (Lipinski definition) is 2. The first-order chi connectivity index (χ1) is 7.43. The average molecular weight is 244 g/mol. The highest BCUT2D eigenvalue weighted by Gasteiger charge is 2.22. The molecule has 0 aliphatic rings. The lowest BCUT2D eigenvalue weighted by Crippen LogP contribution is -2.26. The van der Waals surface area contributed by atoms with E-state index in [1.54, 1.807) is 19.1 Å². The highest BCUT2D eigenvalue weighted by molar-refractivity contribution is 6.32. The van der Waals surface area contributed by atoms with E-state index in [0.29, 0.717) is 10.6 Å². The van der Waals surface area contributed by atoms with Gasteiger partial charge in [-0.2, -0.15) is 0 Å². The lowest BCUT2D eigenvalue weighted by Gasteiger charge is -2.20. The molecule has 0 heterocycles. The van der Waals surface area contributed by atoms with Gasteiger partial charge >= 0.3 is 6.09 Å². The van der Waals surface area contributed by atoms with Crippen molar-refractivity contribution in [1.29, 1.82) is 0 Å². The van der Waals surface area contributed by atoms with Crippen LogP contribution in [0.2, 0.25) is 5.02 Å². The van der Waals surface area contributed by atoms with Gasteiger partial charge in [-0.15, -0.1) is 0 Å². The zero-order valence-electron chi connectivity index (χ0n) is 9.11. The fourth-order valence-electron chi connectivity index (χ4n) is 1.40. The Kier molecular flexibility index (Phi) is 4.15. The van der Waals surface area contributed by atoms with Gasteiger partial charge < -0.3 is 15.6 Å². The van der Waals surface area contributed by atoms with Crippen LogP contribution in [0.4, 0.5) is 4.79 Å². The van der Waals surface area contributed by atoms with Gasteiger partial charge in [-0.25, -0.2) is 4.79 Å². The molecule has 2 atom stereocenters. The first kappa shape index (κ1) is 12.8. The van der Waals surface area contributed by atoms with Crippen LogP contribution >= 0.6 is 11.6 Å². The van der Waals surface area contributed by atoms with Gasteiger partial charge in [0.1, 0.15) is 12.2 Å². The van der Waals surface area contributed by atoms with Crippen LogP contribution in [-0.4, -0.2) is 17.3 Å². The summed E-state index contributed by atoms with van der Waals surface area (Å²) in [5, 5.41) is 10.4. The van der Waals surface area contributed by atoms with Crippen LogP contribution in [0.25, 0.3) is 0 Å². The largest absolute Gasteiger partial charge is 0.444 e. The number of aliphatic hydroxyl groups excluding tert-OH is 1. The minimum atomic E-state index is -0.986. The first-order valence-electron chi connectivity index (χ1n) is 4.82. The van der Waals surface area contributed by atoms with E-state index in [1.807, 2.05) is 13.0 Å². The number of carbonyl (C=O) groups is 1. The van der Waals surface area contributed by atoms with E-state index in [2.05, 4.69) is 0 Å². The van der Waals surface area contributed by atoms with E-state index < -0.39 is 18.3 Å². The van der Waals surface area contributed by atoms with Gasteiger partial charge in [-0.1, -0.05) is 29.8 Å². The predicted octanol–water partition coefficient (Wildman–Crippen LogP) is 2.17. The van der Waals surface area contributed by atoms with Crippen molar-refractivity contribution in [3.63, 3.8) is 0 Å². The topological polar surface area (TPSA) is 72.6 Å². The molecule has 1 aromatic rings. The van der Waals surface area contributed by atoms with E-state index in [1.165, 1.54) is 0 Å². The highest BCUT2D eigenvalue weighted by Crippen LogP contribution is 2.28. The molecule has 0 fully saturated rings. The van der Waals surface area contributed by atoms with Gasteiger partial charge in [0.05, 0.1) is 0 Å². The second kappa shape index (κ2) is 5.18. The second-order valence-electron chi connectivity index (χ2n) is 3.56. The number of benzene rings is 1. The van der Waals surface area contributed by atoms with Crippen molar-refractivity contribution in [1.82, 2.24) is 0 Å². The van der Waals surface area contributed by atoms with Crippen molar-refractivity contribution in [3.05, 3.63) is 34.3 Å². The van der Waals surface area contributed by atoms with Crippen LogP contribution in [0.1, 0.15) is 24.2 Å². The van der Waals surface area contributed by atoms with Crippen LogP contribution in [0, 0.1) is 6.92 Å². The molecule has 0 spiro atoms. The van der Waals surface area contributed by atoms with Gasteiger partial charge in [0.2, 0.25) is 0 Å². The van der Waals surface area contributed by atoms with E-state index in [-0.39, 0.29) is 0 Å². The molecular weight excluding hydrogens is 230 g/mol. The number of ether oxygens (including phenoxy) is 1. The lowest BCUT2D eigenvalue weighted by molar-refractivity contribution is 0.0158. The minimum Gasteiger partial charge on any atom is -0.444 e. The van der Waals surface area contributed by atoms with Gasteiger partial charge in [0.15, 0.2) is 0 Å². The molecule has 3 N–H and O–H groups in total. The first-order valence-corrected chi connectivity index (χ1v) is 5.20. The maximum absolute atomic E-state index is 10.6. The Labute approximate surface area is 99.0 Å². The predicted molar refractivity (Wildman–Crippen MR) is 61.3 cm³/mol. The zero-order chi connectivity index (χ0) is 12.3. The lowest BCUT2D eigenvalue weighted by atomic mass is 10.0. The molecule has 0 saturated heterocycles. The summed E-state index contributed by atoms with van der Waals surface area (Å²) < 4.78 is 4.69. The number of nitrogens with two attached hydrogens (primary N) is 1. The van der Waals surface area contributed by atoms with Crippen molar-refractivity contribution in [3.8, 4) is 0 Å². The summed E-state index contributed by atoms with van der Waals surface area (Å²) in [6.45, 7) is 3.38. The molecule has 0 saturated carbocycles. The molecular formula is C11H14ClNO3. The summed E-state index contributed by atoms with van der Waals surface area (Å²) in [6.07, 6.45) is -2.65. The Hall–Kier alpha value is -1.26. The highest BCUT2D eigenvalue weighted by atomic mass is 35.5. The average Bonchev–Trinajstić information content (AvgIpc) is 2.20. The molecule has 0 aliphatic carbocycles. The van der Waals surface area contributed by atoms with E-state index in [0.717, 1.165) is 5.56 Å². The van der Waals surface area contributed by atoms with Crippen LogP contribution in [0.5, 0.6) is 0 Å². The van der Waals surface area contributed by atoms with Gasteiger partial charge in [-0.3, -0.25) is 0 Å². The summed E-state index contributed by atoms with van der Waals surface area (Å²) in [7, 11) is 0. The van der Waals surface area contributed by atoms with Crippen molar-refractivity contribution < 1.29 is 14.6 Å². The number of amides is 1. The van der Waals surface area contributed by atoms with Crippen molar-refractivity contribution in [2.24, 2.45) is 5.73 Å². The normalized spacial score (nSPS) is 14.2. The van der Waals surface area contributed by atoms with Gasteiger partial charge in [0, 0.05) is 10.6 Å². The summed E-state index contributed by atoms with van der Waals surface area (Å²) in [6, 6.07) is 5.29. The number of aryl methyl sites for hydroxylation is 1. The van der Waals surface area contributed by atoms with Crippen LogP contribution in [-0.2, 0) is 4.74 Å². The van der Waals surface area contributed by atoms with Crippen LogP contribution < -0.4 is 5.73 Å². The molecule has 1 rings (SSSR count). The number of rotatable bonds is 3. The van der Waals surface area contributed by atoms with Gasteiger partial charge in [-0.05, 0) is 19.4 Å². The Balaban J connectivity index is 2.91. The van der Waals surface area contributed by atoms with Crippen LogP contribution in [0.15, 0.2) is 18.2 Å². The molecule has 0 bridgehead atoms. The number of aliphatic hydroxyl groups is 1. The zero-order valence-corrected chi connectivity index (χ0v) is 9.86. The third kappa shape index (κ3) is 2.87. The van der Waals surface area contributed by atoms with E-state index in [9.17, 15) is 9.90 Å². The molecule has 1 aromatic carbocycles. The summed E-state index contributed by atoms with van der Waals surface area (Å²) in [4.78, 5) is 10.6. The third-order valence-corrected chi connectivity index (χ3v) is 2.80. The number of hydrogen-bond acceptors (Lipinski definition) is 3. The summed E-state index contributed by atoms with van der Waals surface area (Å²) >= 11 is 6.04. The standard InChI is InChI=1S/C11H14ClNO3/c1-6-4-3-5-8(9(6)12)10(14)7(2)16-11(13)15/h3-5,7,10,14H,1-2H3,(H2,13,15). The molecule has 0 aliphatic heterocycles. The Bertz CT molecular complexity index is 395. The SMILES string of the molecule is Cc1cccc(C(O)C(C)OC(N)=O)c1Cl. The number of carbonyl (C=O) groups excluding carboxylic acids is 1. The number of primary amides is 1. The van der Waals surface area contributed by atoms with E-state index in [4.69, 9.17) is 22.1 Å². The Morgan fingerprint density at radius 2 is 2.19 bits per heavy atom. The fourth-order valence-corrected chi connectivity index (χ4v) is 1.64. The fraction of sp³-hybridized carbons (Fsp3) is 0.364. The molecule has 16 heavy (non-hydrogen) atoms. The minimum absolute atomic E-state index is 0.468. The monoisotopic (exact) mass is 243 g/mol. The smallest absolute Gasteiger partial charge is 0.404 e. The van der Waals surface area contributed by atoms with Crippen molar-refractivity contribution in [2.75, 3.05) is 0 Å². The summed E-state index contributed by atoms with van der Waals surface area (Å²) in [5.41, 5.74) is 6.25. The molecule has 0 radical (unpaired) electrons. The van der Waals surface area contributed by atoms with E-state index >= 15 is 0 Å². The number of halogens is 1. The molecule has 0 aromatic heterocycles. The summed E-state index contributed by atoms with van der Waals surface area (Å²) in [5.74, 6) is 0. The van der Waals surface area contributed by atoms with Crippen molar-refractivity contribution in [2.45, 2.75) is 26.1 Å². The Morgan fingerprint density at radius 1 is 1.56 bits per heavy atom.